The number of nitrogens with zero attached hydrogens (tertiary/aromatic N) is 2. The summed E-state index contributed by atoms with van der Waals surface area (Å²) in [6.07, 6.45) is 0. The summed E-state index contributed by atoms with van der Waals surface area (Å²) >= 11 is 3.58. The molecule has 2 N–H and O–H groups in total. The molecule has 0 spiro atoms. The second-order valence-electron chi connectivity index (χ2n) is 4.75. The van der Waals surface area contributed by atoms with E-state index in [1.165, 1.54) is 11.1 Å². The average Bonchev–Trinajstić information content (AvgIpc) is 2.67. The maximum absolute atomic E-state index is 6.09. The molecule has 0 aliphatic rings. The van der Waals surface area contributed by atoms with Crippen LogP contribution in [0.3, 0.4) is 0 Å². The van der Waals surface area contributed by atoms with E-state index in [9.17, 15) is 0 Å². The number of benzene rings is 2. The zero-order valence-electron chi connectivity index (χ0n) is 10.8. The Bertz CT molecular complexity index is 774. The first kappa shape index (κ1) is 12.2. The average molecular weight is 316 g/mol. The molecule has 2 aromatic carbocycles. The third kappa shape index (κ3) is 2.02. The number of hydrogen-bond acceptors (Lipinski definition) is 2. The molecule has 0 unspecified atom stereocenters. The van der Waals surface area contributed by atoms with Gasteiger partial charge in [0, 0.05) is 4.47 Å². The second kappa shape index (κ2) is 4.38. The maximum Gasteiger partial charge on any atom is 0.205 e. The van der Waals surface area contributed by atoms with Crippen LogP contribution in [0.25, 0.3) is 16.7 Å². The van der Waals surface area contributed by atoms with Crippen LogP contribution in [0.5, 0.6) is 0 Å². The molecular weight excluding hydrogens is 302 g/mol. The van der Waals surface area contributed by atoms with E-state index in [1.807, 2.05) is 16.7 Å². The molecule has 0 atom stereocenters. The maximum atomic E-state index is 6.09. The molecule has 0 fully saturated rings. The molecule has 19 heavy (non-hydrogen) atoms. The summed E-state index contributed by atoms with van der Waals surface area (Å²) < 4.78 is 2.98. The van der Waals surface area contributed by atoms with E-state index in [1.54, 1.807) is 0 Å². The fourth-order valence-corrected chi connectivity index (χ4v) is 2.68. The van der Waals surface area contributed by atoms with Crippen LogP contribution in [0.2, 0.25) is 0 Å². The summed E-state index contributed by atoms with van der Waals surface area (Å²) in [5.41, 5.74) is 11.4. The van der Waals surface area contributed by atoms with Crippen molar-refractivity contribution in [2.75, 3.05) is 5.73 Å². The van der Waals surface area contributed by atoms with Crippen LogP contribution < -0.4 is 5.73 Å². The van der Waals surface area contributed by atoms with Crippen molar-refractivity contribution >= 4 is 32.9 Å². The normalized spacial score (nSPS) is 11.1. The first-order valence-corrected chi connectivity index (χ1v) is 6.86. The van der Waals surface area contributed by atoms with Gasteiger partial charge in [-0.25, -0.2) is 4.98 Å². The summed E-state index contributed by atoms with van der Waals surface area (Å²) in [6, 6.07) is 12.4. The molecule has 3 aromatic rings. The fourth-order valence-electron chi connectivity index (χ4n) is 2.26. The van der Waals surface area contributed by atoms with Gasteiger partial charge in [-0.05, 0) is 65.2 Å². The lowest BCUT2D eigenvalue weighted by Crippen LogP contribution is -2.01. The Labute approximate surface area is 120 Å². The van der Waals surface area contributed by atoms with Crippen LogP contribution in [0.15, 0.2) is 40.9 Å². The minimum atomic E-state index is 0.506. The monoisotopic (exact) mass is 315 g/mol. The van der Waals surface area contributed by atoms with Gasteiger partial charge in [-0.1, -0.05) is 12.1 Å². The van der Waals surface area contributed by atoms with Crippen molar-refractivity contribution < 1.29 is 0 Å². The summed E-state index contributed by atoms with van der Waals surface area (Å²) in [5.74, 6) is 0.506. The minimum Gasteiger partial charge on any atom is -0.369 e. The highest BCUT2D eigenvalue weighted by molar-refractivity contribution is 9.10. The van der Waals surface area contributed by atoms with Crippen LogP contribution in [0.4, 0.5) is 5.95 Å². The highest BCUT2D eigenvalue weighted by Gasteiger charge is 2.12. The van der Waals surface area contributed by atoms with E-state index >= 15 is 0 Å². The van der Waals surface area contributed by atoms with Gasteiger partial charge in [-0.15, -0.1) is 0 Å². The standard InChI is InChI=1S/C15H14BrN3/c1-9-4-6-13-12(7-9)18-15(17)19(13)14-8-10(2)3-5-11(14)16/h3-8H,1-2H3,(H2,17,18). The predicted molar refractivity (Wildman–Crippen MR) is 82.7 cm³/mol. The number of halogens is 1. The Morgan fingerprint density at radius 2 is 1.74 bits per heavy atom. The third-order valence-electron chi connectivity index (χ3n) is 3.18. The van der Waals surface area contributed by atoms with E-state index in [0.717, 1.165) is 21.2 Å². The number of aromatic nitrogens is 2. The number of aryl methyl sites for hydroxylation is 2. The number of nitrogens with two attached hydrogens (primary N) is 1. The van der Waals surface area contributed by atoms with Gasteiger partial charge in [0.2, 0.25) is 5.95 Å². The number of imidazole rings is 1. The molecule has 0 saturated heterocycles. The molecule has 1 aromatic heterocycles. The molecule has 0 aliphatic heterocycles. The molecule has 4 heteroatoms. The van der Waals surface area contributed by atoms with Gasteiger partial charge in [0.15, 0.2) is 0 Å². The van der Waals surface area contributed by atoms with Crippen LogP contribution in [-0.2, 0) is 0 Å². The van der Waals surface area contributed by atoms with Crippen molar-refractivity contribution in [3.8, 4) is 5.69 Å². The smallest absolute Gasteiger partial charge is 0.205 e. The largest absolute Gasteiger partial charge is 0.369 e. The first-order chi connectivity index (χ1) is 9.06. The number of anilines is 1. The molecule has 1 heterocycles. The van der Waals surface area contributed by atoms with E-state index in [-0.39, 0.29) is 0 Å². The topological polar surface area (TPSA) is 43.8 Å². The lowest BCUT2D eigenvalue weighted by Gasteiger charge is -2.10. The zero-order chi connectivity index (χ0) is 13.6. The van der Waals surface area contributed by atoms with Crippen molar-refractivity contribution in [3.63, 3.8) is 0 Å². The zero-order valence-corrected chi connectivity index (χ0v) is 12.4. The Morgan fingerprint density at radius 1 is 1.05 bits per heavy atom. The van der Waals surface area contributed by atoms with Crippen molar-refractivity contribution in [1.29, 1.82) is 0 Å². The quantitative estimate of drug-likeness (QED) is 0.738. The Balaban J connectivity index is 2.36. The summed E-state index contributed by atoms with van der Waals surface area (Å²) in [6.45, 7) is 4.12. The molecule has 0 amide bonds. The Hall–Kier alpha value is -1.81. The fraction of sp³-hybridized carbons (Fsp3) is 0.133. The lowest BCUT2D eigenvalue weighted by atomic mass is 10.2. The van der Waals surface area contributed by atoms with Crippen LogP contribution in [0, 0.1) is 13.8 Å². The summed E-state index contributed by atoms with van der Waals surface area (Å²) in [7, 11) is 0. The third-order valence-corrected chi connectivity index (χ3v) is 3.85. The van der Waals surface area contributed by atoms with E-state index in [4.69, 9.17) is 5.73 Å². The molecule has 0 aliphatic carbocycles. The number of fused-ring (bicyclic) bond motifs is 1. The summed E-state index contributed by atoms with van der Waals surface area (Å²) in [5, 5.41) is 0. The van der Waals surface area contributed by atoms with E-state index in [2.05, 4.69) is 59.0 Å². The Morgan fingerprint density at radius 3 is 2.53 bits per heavy atom. The van der Waals surface area contributed by atoms with Gasteiger partial charge in [-0.2, -0.15) is 0 Å². The number of nitrogen functional groups attached to an aromatic ring is 1. The lowest BCUT2D eigenvalue weighted by molar-refractivity contribution is 1.10. The second-order valence-corrected chi connectivity index (χ2v) is 5.61. The van der Waals surface area contributed by atoms with Crippen molar-refractivity contribution in [3.05, 3.63) is 52.0 Å². The van der Waals surface area contributed by atoms with Gasteiger partial charge < -0.3 is 5.73 Å². The Kier molecular flexibility index (Phi) is 2.82. The van der Waals surface area contributed by atoms with Crippen LogP contribution >= 0.6 is 15.9 Å². The molecule has 0 saturated carbocycles. The van der Waals surface area contributed by atoms with Gasteiger partial charge in [0.1, 0.15) is 0 Å². The first-order valence-electron chi connectivity index (χ1n) is 6.07. The molecule has 0 bridgehead atoms. The van der Waals surface area contributed by atoms with Gasteiger partial charge >= 0.3 is 0 Å². The van der Waals surface area contributed by atoms with Crippen molar-refractivity contribution in [1.82, 2.24) is 9.55 Å². The number of rotatable bonds is 1. The van der Waals surface area contributed by atoms with Crippen LogP contribution in [-0.4, -0.2) is 9.55 Å². The van der Waals surface area contributed by atoms with E-state index in [0.29, 0.717) is 5.95 Å². The highest BCUT2D eigenvalue weighted by Crippen LogP contribution is 2.29. The predicted octanol–water partition coefficient (Wildman–Crippen LogP) is 3.99. The molecule has 3 nitrogen and oxygen atoms in total. The van der Waals surface area contributed by atoms with Gasteiger partial charge in [-0.3, -0.25) is 4.57 Å². The van der Waals surface area contributed by atoms with Crippen molar-refractivity contribution in [2.24, 2.45) is 0 Å². The minimum absolute atomic E-state index is 0.506. The SMILES string of the molecule is Cc1ccc(Br)c(-n2c(N)nc3cc(C)ccc32)c1. The number of hydrogen-bond donors (Lipinski definition) is 1. The van der Waals surface area contributed by atoms with Gasteiger partial charge in [0.25, 0.3) is 0 Å². The van der Waals surface area contributed by atoms with Gasteiger partial charge in [0.05, 0.1) is 16.7 Å². The molecule has 0 radical (unpaired) electrons. The molecule has 96 valence electrons. The van der Waals surface area contributed by atoms with Crippen LogP contribution in [0.1, 0.15) is 11.1 Å². The summed E-state index contributed by atoms with van der Waals surface area (Å²) in [4.78, 5) is 4.44. The molecular formula is C15H14BrN3. The van der Waals surface area contributed by atoms with E-state index < -0.39 is 0 Å². The van der Waals surface area contributed by atoms with Crippen molar-refractivity contribution in [2.45, 2.75) is 13.8 Å². The highest BCUT2D eigenvalue weighted by atomic mass is 79.9. The molecule has 3 rings (SSSR count).